The van der Waals surface area contributed by atoms with Crippen molar-refractivity contribution in [2.75, 3.05) is 17.3 Å². The summed E-state index contributed by atoms with van der Waals surface area (Å²) >= 11 is 1.57. The van der Waals surface area contributed by atoms with E-state index < -0.39 is 17.9 Å². The van der Waals surface area contributed by atoms with E-state index in [9.17, 15) is 14.4 Å². The highest BCUT2D eigenvalue weighted by Crippen LogP contribution is 2.27. The summed E-state index contributed by atoms with van der Waals surface area (Å²) in [4.78, 5) is 39.7. The molecule has 2 aromatic rings. The van der Waals surface area contributed by atoms with Crippen molar-refractivity contribution >= 4 is 35.2 Å². The molecular formula is C22H24N2O3S. The zero-order valence-corrected chi connectivity index (χ0v) is 17.1. The molecule has 0 aromatic heterocycles. The number of hydrogen-bond donors (Lipinski definition) is 1. The van der Waals surface area contributed by atoms with E-state index in [0.717, 1.165) is 4.90 Å². The lowest BCUT2D eigenvalue weighted by atomic mass is 10.0. The maximum absolute atomic E-state index is 13.0. The Morgan fingerprint density at radius 3 is 2.07 bits per heavy atom. The molecule has 0 spiro atoms. The number of fused-ring (bicyclic) bond motifs is 1. The fraction of sp³-hybridized carbons (Fsp3) is 0.318. The zero-order valence-electron chi connectivity index (χ0n) is 16.3. The highest BCUT2D eigenvalue weighted by atomic mass is 32.2. The predicted octanol–water partition coefficient (Wildman–Crippen LogP) is 4.17. The van der Waals surface area contributed by atoms with Gasteiger partial charge in [0.05, 0.1) is 11.1 Å². The van der Waals surface area contributed by atoms with Crippen molar-refractivity contribution in [3.05, 3.63) is 65.2 Å². The molecule has 0 bridgehead atoms. The van der Waals surface area contributed by atoms with Crippen LogP contribution in [0.25, 0.3) is 0 Å². The molecule has 3 rings (SSSR count). The van der Waals surface area contributed by atoms with Gasteiger partial charge in [0.15, 0.2) is 0 Å². The van der Waals surface area contributed by atoms with Gasteiger partial charge in [0.25, 0.3) is 11.8 Å². The third-order valence-corrected chi connectivity index (χ3v) is 5.52. The second-order valence-electron chi connectivity index (χ2n) is 7.09. The van der Waals surface area contributed by atoms with Crippen LogP contribution in [0.2, 0.25) is 0 Å². The Morgan fingerprint density at radius 2 is 1.57 bits per heavy atom. The number of rotatable bonds is 7. The van der Waals surface area contributed by atoms with Gasteiger partial charge in [0.1, 0.15) is 6.04 Å². The highest BCUT2D eigenvalue weighted by Gasteiger charge is 2.42. The highest BCUT2D eigenvalue weighted by molar-refractivity contribution is 7.98. The molecule has 28 heavy (non-hydrogen) atoms. The first kappa shape index (κ1) is 20.1. The van der Waals surface area contributed by atoms with E-state index in [1.165, 1.54) is 5.56 Å². The van der Waals surface area contributed by atoms with E-state index in [-0.39, 0.29) is 5.91 Å². The third-order valence-electron chi connectivity index (χ3n) is 4.88. The van der Waals surface area contributed by atoms with Gasteiger partial charge in [0, 0.05) is 5.69 Å². The Kier molecular flexibility index (Phi) is 6.19. The predicted molar refractivity (Wildman–Crippen MR) is 113 cm³/mol. The second-order valence-corrected chi connectivity index (χ2v) is 8.07. The minimum Gasteiger partial charge on any atom is -0.324 e. The number of benzene rings is 2. The Hall–Kier alpha value is -2.60. The standard InChI is InChI=1S/C22H24N2O3S/c1-14(2)15-8-10-16(11-9-15)23-20(25)19(12-13-28-3)24-21(26)17-6-4-5-7-18(17)22(24)27/h4-11,14,19H,12-13H2,1-3H3,(H,23,25)/t19-/m0/s1. The van der Waals surface area contributed by atoms with Gasteiger partial charge in [-0.2, -0.15) is 11.8 Å². The summed E-state index contributed by atoms with van der Waals surface area (Å²) in [6.07, 6.45) is 2.34. The molecule has 0 saturated heterocycles. The van der Waals surface area contributed by atoms with Crippen LogP contribution < -0.4 is 5.32 Å². The quantitative estimate of drug-likeness (QED) is 0.714. The van der Waals surface area contributed by atoms with Crippen LogP contribution in [0.1, 0.15) is 52.5 Å². The molecule has 146 valence electrons. The summed E-state index contributed by atoms with van der Waals surface area (Å²) in [6, 6.07) is 13.5. The van der Waals surface area contributed by atoms with Crippen LogP contribution in [0, 0.1) is 0 Å². The third kappa shape index (κ3) is 3.97. The fourth-order valence-electron chi connectivity index (χ4n) is 3.27. The Labute approximate surface area is 169 Å². The topological polar surface area (TPSA) is 66.5 Å². The van der Waals surface area contributed by atoms with E-state index in [4.69, 9.17) is 0 Å². The average Bonchev–Trinajstić information content (AvgIpc) is 2.94. The minimum atomic E-state index is -0.843. The summed E-state index contributed by atoms with van der Waals surface area (Å²) in [5.41, 5.74) is 2.55. The Bertz CT molecular complexity index is 858. The normalized spacial score (nSPS) is 14.4. The molecule has 0 aliphatic carbocycles. The van der Waals surface area contributed by atoms with Crippen molar-refractivity contribution in [3.63, 3.8) is 0 Å². The zero-order chi connectivity index (χ0) is 20.3. The lowest BCUT2D eigenvalue weighted by molar-refractivity contribution is -0.120. The summed E-state index contributed by atoms with van der Waals surface area (Å²) in [6.45, 7) is 4.21. The van der Waals surface area contributed by atoms with E-state index >= 15 is 0 Å². The minimum absolute atomic E-state index is 0.346. The summed E-state index contributed by atoms with van der Waals surface area (Å²) < 4.78 is 0. The number of hydrogen-bond acceptors (Lipinski definition) is 4. The second kappa shape index (κ2) is 8.61. The molecule has 0 fully saturated rings. The van der Waals surface area contributed by atoms with Crippen LogP contribution in [0.5, 0.6) is 0 Å². The number of thioether (sulfide) groups is 1. The molecule has 5 nitrogen and oxygen atoms in total. The monoisotopic (exact) mass is 396 g/mol. The Morgan fingerprint density at radius 1 is 1.00 bits per heavy atom. The molecule has 1 atom stereocenters. The molecule has 1 N–H and O–H groups in total. The van der Waals surface area contributed by atoms with E-state index in [2.05, 4.69) is 19.2 Å². The van der Waals surface area contributed by atoms with Gasteiger partial charge in [-0.3, -0.25) is 19.3 Å². The van der Waals surface area contributed by atoms with Crippen molar-refractivity contribution in [1.82, 2.24) is 4.90 Å². The van der Waals surface area contributed by atoms with Crippen LogP contribution in [-0.4, -0.2) is 40.7 Å². The van der Waals surface area contributed by atoms with E-state index in [0.29, 0.717) is 34.9 Å². The molecule has 1 heterocycles. The Balaban J connectivity index is 1.83. The number of carbonyl (C=O) groups is 3. The maximum atomic E-state index is 13.0. The lowest BCUT2D eigenvalue weighted by Crippen LogP contribution is -2.47. The van der Waals surface area contributed by atoms with Crippen LogP contribution in [0.15, 0.2) is 48.5 Å². The average molecular weight is 397 g/mol. The van der Waals surface area contributed by atoms with Gasteiger partial charge < -0.3 is 5.32 Å². The van der Waals surface area contributed by atoms with E-state index in [1.807, 2.05) is 30.5 Å². The van der Waals surface area contributed by atoms with Crippen molar-refractivity contribution < 1.29 is 14.4 Å². The van der Waals surface area contributed by atoms with Gasteiger partial charge >= 0.3 is 0 Å². The molecule has 3 amide bonds. The van der Waals surface area contributed by atoms with Gasteiger partial charge in [0.2, 0.25) is 5.91 Å². The van der Waals surface area contributed by atoms with Crippen LogP contribution in [0.3, 0.4) is 0 Å². The van der Waals surface area contributed by atoms with Gasteiger partial charge in [-0.1, -0.05) is 38.1 Å². The van der Waals surface area contributed by atoms with E-state index in [1.54, 1.807) is 36.0 Å². The number of amides is 3. The first-order chi connectivity index (χ1) is 13.4. The summed E-state index contributed by atoms with van der Waals surface area (Å²) in [5, 5.41) is 2.87. The van der Waals surface area contributed by atoms with Gasteiger partial charge in [-0.05, 0) is 54.2 Å². The van der Waals surface area contributed by atoms with Crippen LogP contribution in [-0.2, 0) is 4.79 Å². The van der Waals surface area contributed by atoms with Crippen LogP contribution >= 0.6 is 11.8 Å². The molecular weight excluding hydrogens is 372 g/mol. The van der Waals surface area contributed by atoms with Crippen molar-refractivity contribution in [1.29, 1.82) is 0 Å². The number of imide groups is 1. The lowest BCUT2D eigenvalue weighted by Gasteiger charge is -2.25. The van der Waals surface area contributed by atoms with Crippen molar-refractivity contribution in [2.45, 2.75) is 32.2 Å². The fourth-order valence-corrected chi connectivity index (χ4v) is 3.73. The molecule has 0 unspecified atom stereocenters. The number of anilines is 1. The molecule has 1 aliphatic rings. The molecule has 0 radical (unpaired) electrons. The maximum Gasteiger partial charge on any atom is 0.262 e. The molecule has 2 aromatic carbocycles. The van der Waals surface area contributed by atoms with Gasteiger partial charge in [-0.15, -0.1) is 0 Å². The van der Waals surface area contributed by atoms with Crippen LogP contribution in [0.4, 0.5) is 5.69 Å². The molecule has 6 heteroatoms. The molecule has 1 aliphatic heterocycles. The molecule has 0 saturated carbocycles. The summed E-state index contributed by atoms with van der Waals surface area (Å²) in [7, 11) is 0. The number of nitrogens with zero attached hydrogens (tertiary/aromatic N) is 1. The van der Waals surface area contributed by atoms with Crippen molar-refractivity contribution in [3.8, 4) is 0 Å². The number of nitrogens with one attached hydrogen (secondary N) is 1. The first-order valence-electron chi connectivity index (χ1n) is 9.30. The van der Waals surface area contributed by atoms with Gasteiger partial charge in [-0.25, -0.2) is 0 Å². The SMILES string of the molecule is CSCC[C@@H](C(=O)Nc1ccc(C(C)C)cc1)N1C(=O)c2ccccc2C1=O. The largest absolute Gasteiger partial charge is 0.324 e. The summed E-state index contributed by atoms with van der Waals surface area (Å²) in [5.74, 6) is -0.0927. The number of carbonyl (C=O) groups excluding carboxylic acids is 3. The smallest absolute Gasteiger partial charge is 0.262 e. The van der Waals surface area contributed by atoms with Crippen molar-refractivity contribution in [2.24, 2.45) is 0 Å². The first-order valence-corrected chi connectivity index (χ1v) is 10.7.